The third-order valence-corrected chi connectivity index (χ3v) is 4.56. The summed E-state index contributed by atoms with van der Waals surface area (Å²) >= 11 is 1.32. The molecule has 118 valence electrons. The number of methoxy groups -OCH3 is 1. The molecule has 0 atom stereocenters. The van der Waals surface area contributed by atoms with Crippen LogP contribution in [0.2, 0.25) is 0 Å². The zero-order valence-electron chi connectivity index (χ0n) is 13.1. The van der Waals surface area contributed by atoms with Crippen LogP contribution in [-0.2, 0) is 11.3 Å². The molecule has 1 heterocycles. The number of carbonyl (C=O) groups excluding carboxylic acids is 1. The first-order valence-corrected chi connectivity index (χ1v) is 7.93. The average molecular weight is 321 g/mol. The number of fused-ring (bicyclic) bond motifs is 1. The van der Waals surface area contributed by atoms with Crippen molar-refractivity contribution >= 4 is 27.3 Å². The van der Waals surface area contributed by atoms with E-state index < -0.39 is 0 Å². The molecule has 0 aliphatic rings. The molecule has 1 amide bonds. The van der Waals surface area contributed by atoms with Crippen LogP contribution in [0.15, 0.2) is 30.4 Å². The highest BCUT2D eigenvalue weighted by Crippen LogP contribution is 2.34. The third-order valence-electron chi connectivity index (χ3n) is 3.38. The number of thiophene rings is 1. The third kappa shape index (κ3) is 3.20. The zero-order chi connectivity index (χ0) is 16.3. The molecule has 22 heavy (non-hydrogen) atoms. The van der Waals surface area contributed by atoms with Crippen LogP contribution < -0.4 is 0 Å². The van der Waals surface area contributed by atoms with Crippen molar-refractivity contribution in [1.29, 1.82) is 0 Å². The number of ether oxygens (including phenoxy) is 1. The lowest BCUT2D eigenvalue weighted by molar-refractivity contribution is 0.0779. The normalized spacial score (nSPS) is 10.9. The molecule has 0 saturated heterocycles. The predicted molar refractivity (Wildman–Crippen MR) is 88.9 cm³/mol. The summed E-state index contributed by atoms with van der Waals surface area (Å²) in [5, 5.41) is 0.490. The van der Waals surface area contributed by atoms with Crippen LogP contribution in [0.1, 0.15) is 29.1 Å². The van der Waals surface area contributed by atoms with Crippen molar-refractivity contribution in [2.24, 2.45) is 0 Å². The average Bonchev–Trinajstić information content (AvgIpc) is 2.84. The molecule has 2 rings (SSSR count). The molecular formula is C17H20FNO2S. The first kappa shape index (κ1) is 16.6. The van der Waals surface area contributed by atoms with Gasteiger partial charge >= 0.3 is 0 Å². The number of carbonyl (C=O) groups is 1. The number of benzene rings is 1. The second-order valence-corrected chi connectivity index (χ2v) is 6.28. The summed E-state index contributed by atoms with van der Waals surface area (Å²) in [7, 11) is 1.55. The highest BCUT2D eigenvalue weighted by atomic mass is 32.1. The second-order valence-electron chi connectivity index (χ2n) is 5.23. The lowest BCUT2D eigenvalue weighted by Crippen LogP contribution is -2.32. The van der Waals surface area contributed by atoms with Gasteiger partial charge in [-0.3, -0.25) is 4.79 Å². The van der Waals surface area contributed by atoms with Crippen LogP contribution in [0.4, 0.5) is 4.39 Å². The van der Waals surface area contributed by atoms with E-state index in [0.717, 1.165) is 10.3 Å². The van der Waals surface area contributed by atoms with Gasteiger partial charge in [-0.2, -0.15) is 0 Å². The van der Waals surface area contributed by atoms with Gasteiger partial charge in [0.05, 0.1) is 11.5 Å². The van der Waals surface area contributed by atoms with Gasteiger partial charge < -0.3 is 9.64 Å². The molecular weight excluding hydrogens is 301 g/mol. The van der Waals surface area contributed by atoms with Crippen LogP contribution in [0.25, 0.3) is 10.1 Å². The van der Waals surface area contributed by atoms with E-state index in [4.69, 9.17) is 4.74 Å². The van der Waals surface area contributed by atoms with Crippen LogP contribution in [-0.4, -0.2) is 31.0 Å². The Morgan fingerprint density at radius 1 is 1.45 bits per heavy atom. The molecule has 1 aromatic heterocycles. The van der Waals surface area contributed by atoms with Gasteiger partial charge in [0.15, 0.2) is 0 Å². The first-order valence-electron chi connectivity index (χ1n) is 7.12. The lowest BCUT2D eigenvalue weighted by Gasteiger charge is -2.21. The lowest BCUT2D eigenvalue weighted by atomic mass is 10.1. The van der Waals surface area contributed by atoms with Crippen LogP contribution >= 0.6 is 11.3 Å². The van der Waals surface area contributed by atoms with Gasteiger partial charge in [0.1, 0.15) is 5.82 Å². The van der Waals surface area contributed by atoms with Crippen LogP contribution in [0.5, 0.6) is 0 Å². The minimum absolute atomic E-state index is 0.0989. The molecule has 1 aromatic carbocycles. The van der Waals surface area contributed by atoms with E-state index in [2.05, 4.69) is 6.58 Å². The Hall–Kier alpha value is -1.72. The quantitative estimate of drug-likeness (QED) is 0.745. The van der Waals surface area contributed by atoms with Gasteiger partial charge in [-0.1, -0.05) is 18.2 Å². The number of rotatable bonds is 6. The first-order chi connectivity index (χ1) is 10.5. The van der Waals surface area contributed by atoms with E-state index in [9.17, 15) is 9.18 Å². The fourth-order valence-electron chi connectivity index (χ4n) is 2.42. The summed E-state index contributed by atoms with van der Waals surface area (Å²) in [6.45, 7) is 8.96. The minimum atomic E-state index is -0.317. The van der Waals surface area contributed by atoms with Crippen molar-refractivity contribution in [2.75, 3.05) is 20.2 Å². The predicted octanol–water partition coefficient (Wildman–Crippen LogP) is 4.23. The fraction of sp³-hybridized carbons (Fsp3) is 0.353. The number of hydrogen-bond acceptors (Lipinski definition) is 3. The van der Waals surface area contributed by atoms with Gasteiger partial charge in [-0.05, 0) is 26.0 Å². The number of amides is 1. The maximum absolute atomic E-state index is 14.2. The number of nitrogens with zero attached hydrogens (tertiary/aromatic N) is 1. The minimum Gasteiger partial charge on any atom is -0.380 e. The van der Waals surface area contributed by atoms with Gasteiger partial charge in [-0.15, -0.1) is 11.3 Å². The Bertz CT molecular complexity index is 708. The smallest absolute Gasteiger partial charge is 0.264 e. The molecule has 0 unspecified atom stereocenters. The van der Waals surface area contributed by atoms with E-state index in [1.807, 2.05) is 19.9 Å². The summed E-state index contributed by atoms with van der Waals surface area (Å²) in [6, 6.07) is 4.90. The van der Waals surface area contributed by atoms with Crippen molar-refractivity contribution in [3.05, 3.63) is 46.6 Å². The Morgan fingerprint density at radius 2 is 2.18 bits per heavy atom. The molecule has 2 aromatic rings. The maximum atomic E-state index is 14.2. The molecule has 0 spiro atoms. The summed E-state index contributed by atoms with van der Waals surface area (Å²) in [4.78, 5) is 15.1. The Kier molecular flexibility index (Phi) is 5.32. The summed E-state index contributed by atoms with van der Waals surface area (Å²) in [5.41, 5.74) is 1.54. The maximum Gasteiger partial charge on any atom is 0.264 e. The highest BCUT2D eigenvalue weighted by Gasteiger charge is 2.24. The molecule has 5 heteroatoms. The summed E-state index contributed by atoms with van der Waals surface area (Å²) < 4.78 is 20.1. The SMILES string of the molecule is C=C(C)CN(CC)C(=O)c1sc2cccc(F)c2c1COC. The molecule has 0 aliphatic heterocycles. The monoisotopic (exact) mass is 321 g/mol. The molecule has 0 radical (unpaired) electrons. The molecule has 0 N–H and O–H groups in total. The van der Waals surface area contributed by atoms with Crippen molar-refractivity contribution < 1.29 is 13.9 Å². The summed E-state index contributed by atoms with van der Waals surface area (Å²) in [5.74, 6) is -0.416. The Balaban J connectivity index is 2.54. The molecule has 3 nitrogen and oxygen atoms in total. The fourth-order valence-corrected chi connectivity index (χ4v) is 3.61. The molecule has 0 fully saturated rings. The number of hydrogen-bond donors (Lipinski definition) is 0. The Morgan fingerprint density at radius 3 is 2.77 bits per heavy atom. The van der Waals surface area contributed by atoms with Crippen molar-refractivity contribution in [3.8, 4) is 0 Å². The van der Waals surface area contributed by atoms with E-state index in [1.54, 1.807) is 18.1 Å². The van der Waals surface area contributed by atoms with Gasteiger partial charge in [0.2, 0.25) is 0 Å². The van der Waals surface area contributed by atoms with Crippen molar-refractivity contribution in [3.63, 3.8) is 0 Å². The highest BCUT2D eigenvalue weighted by molar-refractivity contribution is 7.21. The number of likely N-dealkylation sites (N-methyl/N-ethyl adjacent to an activating group) is 1. The van der Waals surface area contributed by atoms with Gasteiger partial charge in [-0.25, -0.2) is 4.39 Å². The Labute approximate surface area is 134 Å². The summed E-state index contributed by atoms with van der Waals surface area (Å²) in [6.07, 6.45) is 0. The topological polar surface area (TPSA) is 29.5 Å². The van der Waals surface area contributed by atoms with Crippen molar-refractivity contribution in [2.45, 2.75) is 20.5 Å². The van der Waals surface area contributed by atoms with E-state index in [1.165, 1.54) is 17.4 Å². The van der Waals surface area contributed by atoms with Crippen molar-refractivity contribution in [1.82, 2.24) is 4.90 Å². The standard InChI is InChI=1S/C17H20FNO2S/c1-5-19(9-11(2)3)17(20)16-12(10-21-4)15-13(18)7-6-8-14(15)22-16/h6-8H,2,5,9-10H2,1,3-4H3. The van der Waals surface area contributed by atoms with Crippen LogP contribution in [0, 0.1) is 5.82 Å². The largest absolute Gasteiger partial charge is 0.380 e. The van der Waals surface area contributed by atoms with E-state index in [0.29, 0.717) is 28.9 Å². The van der Waals surface area contributed by atoms with Gasteiger partial charge in [0, 0.05) is 35.8 Å². The van der Waals surface area contributed by atoms with E-state index in [-0.39, 0.29) is 18.3 Å². The molecule has 0 aliphatic carbocycles. The van der Waals surface area contributed by atoms with Crippen LogP contribution in [0.3, 0.4) is 0 Å². The zero-order valence-corrected chi connectivity index (χ0v) is 13.9. The molecule has 0 saturated carbocycles. The van der Waals surface area contributed by atoms with E-state index >= 15 is 0 Å². The van der Waals surface area contributed by atoms with Gasteiger partial charge in [0.25, 0.3) is 5.91 Å². The molecule has 0 bridgehead atoms. The second kappa shape index (κ2) is 7.03. The number of halogens is 1.